The van der Waals surface area contributed by atoms with Gasteiger partial charge in [0, 0.05) is 38.8 Å². The van der Waals surface area contributed by atoms with Crippen molar-refractivity contribution in [3.8, 4) is 16.8 Å². The van der Waals surface area contributed by atoms with E-state index in [9.17, 15) is 0 Å². The number of benzene rings is 7. The van der Waals surface area contributed by atoms with Crippen LogP contribution in [0.2, 0.25) is 0 Å². The Morgan fingerprint density at radius 2 is 1.07 bits per heavy atom. The average molecular weight is 577 g/mol. The smallest absolute Gasteiger partial charge is 0.145 e. The molecule has 3 nitrogen and oxygen atoms in total. The molecule has 9 aromatic rings. The van der Waals surface area contributed by atoms with Crippen LogP contribution in [0.5, 0.6) is 0 Å². The van der Waals surface area contributed by atoms with Crippen molar-refractivity contribution < 1.29 is 4.42 Å². The molecule has 0 spiro atoms. The van der Waals surface area contributed by atoms with E-state index < -0.39 is 0 Å². The minimum atomic E-state index is 0.879. The molecule has 0 unspecified atom stereocenters. The van der Waals surface area contributed by atoms with Crippen LogP contribution < -0.4 is 4.90 Å². The number of anilines is 3. The molecule has 0 aliphatic heterocycles. The van der Waals surface area contributed by atoms with Crippen LogP contribution in [0.4, 0.5) is 17.1 Å². The fourth-order valence-corrected chi connectivity index (χ4v) is 6.80. The summed E-state index contributed by atoms with van der Waals surface area (Å²) in [5.74, 6) is 0. The van der Waals surface area contributed by atoms with E-state index >= 15 is 0 Å². The Balaban J connectivity index is 1.31. The molecule has 2 aromatic heterocycles. The molecule has 45 heavy (non-hydrogen) atoms. The van der Waals surface area contributed by atoms with E-state index in [1.165, 1.54) is 21.8 Å². The predicted octanol–water partition coefficient (Wildman–Crippen LogP) is 11.8. The van der Waals surface area contributed by atoms with Crippen LogP contribution in [0.25, 0.3) is 60.6 Å². The van der Waals surface area contributed by atoms with Crippen molar-refractivity contribution >= 4 is 60.8 Å². The van der Waals surface area contributed by atoms with Gasteiger partial charge in [-0.05, 0) is 78.4 Å². The van der Waals surface area contributed by atoms with Crippen LogP contribution in [-0.4, -0.2) is 4.57 Å². The molecule has 0 aliphatic carbocycles. The van der Waals surface area contributed by atoms with Crippen molar-refractivity contribution in [3.05, 3.63) is 170 Å². The van der Waals surface area contributed by atoms with Gasteiger partial charge < -0.3 is 13.9 Å². The van der Waals surface area contributed by atoms with Gasteiger partial charge in [0.15, 0.2) is 0 Å². The van der Waals surface area contributed by atoms with E-state index in [1.807, 2.05) is 6.07 Å². The van der Waals surface area contributed by atoms with Gasteiger partial charge in [0.05, 0.1) is 22.1 Å². The van der Waals surface area contributed by atoms with Crippen LogP contribution in [0, 0.1) is 0 Å². The Kier molecular flexibility index (Phi) is 5.82. The van der Waals surface area contributed by atoms with Gasteiger partial charge in [-0.1, -0.05) is 97.1 Å². The molecule has 0 saturated heterocycles. The molecule has 0 amide bonds. The Hall–Kier alpha value is -6.06. The second-order valence-corrected chi connectivity index (χ2v) is 11.4. The third kappa shape index (κ3) is 4.05. The highest BCUT2D eigenvalue weighted by molar-refractivity contribution is 6.18. The van der Waals surface area contributed by atoms with Crippen molar-refractivity contribution in [2.75, 3.05) is 4.90 Å². The summed E-state index contributed by atoms with van der Waals surface area (Å²) >= 11 is 0. The van der Waals surface area contributed by atoms with Crippen molar-refractivity contribution in [3.63, 3.8) is 0 Å². The van der Waals surface area contributed by atoms with Gasteiger partial charge in [-0.15, -0.1) is 0 Å². The van der Waals surface area contributed by atoms with Gasteiger partial charge in [0.25, 0.3) is 0 Å². The maximum atomic E-state index is 6.74. The zero-order valence-corrected chi connectivity index (χ0v) is 24.5. The lowest BCUT2D eigenvalue weighted by Crippen LogP contribution is -2.10. The fraction of sp³-hybridized carbons (Fsp3) is 0. The first-order valence-corrected chi connectivity index (χ1v) is 15.3. The zero-order valence-electron chi connectivity index (χ0n) is 24.5. The molecule has 0 atom stereocenters. The minimum absolute atomic E-state index is 0.879. The van der Waals surface area contributed by atoms with Crippen molar-refractivity contribution in [2.24, 2.45) is 0 Å². The predicted molar refractivity (Wildman–Crippen MR) is 188 cm³/mol. The molecule has 212 valence electrons. The van der Waals surface area contributed by atoms with Gasteiger partial charge >= 0.3 is 0 Å². The highest BCUT2D eigenvalue weighted by atomic mass is 16.3. The fourth-order valence-electron chi connectivity index (χ4n) is 6.80. The van der Waals surface area contributed by atoms with Gasteiger partial charge in [0.1, 0.15) is 11.2 Å². The second kappa shape index (κ2) is 10.3. The van der Waals surface area contributed by atoms with E-state index in [2.05, 4.69) is 173 Å². The quantitative estimate of drug-likeness (QED) is 0.203. The first-order chi connectivity index (χ1) is 22.3. The van der Waals surface area contributed by atoms with Crippen LogP contribution >= 0.6 is 0 Å². The van der Waals surface area contributed by atoms with Crippen LogP contribution in [-0.2, 0) is 0 Å². The molecular weight excluding hydrogens is 548 g/mol. The lowest BCUT2D eigenvalue weighted by Gasteiger charge is -2.26. The maximum Gasteiger partial charge on any atom is 0.145 e. The molecule has 0 radical (unpaired) electrons. The lowest BCUT2D eigenvalue weighted by atomic mass is 9.98. The number of hydrogen-bond acceptors (Lipinski definition) is 2. The molecule has 0 saturated carbocycles. The maximum absolute atomic E-state index is 6.74. The Morgan fingerprint density at radius 1 is 0.467 bits per heavy atom. The molecule has 0 N–H and O–H groups in total. The van der Waals surface area contributed by atoms with E-state index in [-0.39, 0.29) is 0 Å². The monoisotopic (exact) mass is 576 g/mol. The standard InChI is InChI=1S/C42H28N2O/c1-4-14-30(15-5-1)43(31-16-6-2-7-17-31)39-27-25-33(42-41(39)35-21-11-13-23-40(35)45-42)29-24-26-38-36(28-29)34-20-10-12-22-37(34)44(38)32-18-8-3-9-19-32/h1-28H. The SMILES string of the molecule is c1ccc(N(c2ccccc2)c2ccc(-c3ccc4c(c3)c3ccccc3n4-c3ccccc3)c3oc4ccccc4c23)cc1. The van der Waals surface area contributed by atoms with Crippen LogP contribution in [0.15, 0.2) is 174 Å². The first kappa shape index (κ1) is 25.4. The summed E-state index contributed by atoms with van der Waals surface area (Å²) in [6.07, 6.45) is 0. The molecule has 3 heteroatoms. The summed E-state index contributed by atoms with van der Waals surface area (Å²) in [5.41, 5.74) is 10.8. The summed E-state index contributed by atoms with van der Waals surface area (Å²) < 4.78 is 9.10. The Bertz CT molecular complexity index is 2440. The third-order valence-electron chi connectivity index (χ3n) is 8.77. The summed E-state index contributed by atoms with van der Waals surface area (Å²) in [5, 5.41) is 4.65. The van der Waals surface area contributed by atoms with E-state index in [0.29, 0.717) is 0 Å². The molecular formula is C42H28N2O. The van der Waals surface area contributed by atoms with E-state index in [0.717, 1.165) is 55.8 Å². The summed E-state index contributed by atoms with van der Waals surface area (Å²) in [4.78, 5) is 2.32. The van der Waals surface area contributed by atoms with E-state index in [4.69, 9.17) is 4.42 Å². The first-order valence-electron chi connectivity index (χ1n) is 15.3. The van der Waals surface area contributed by atoms with Crippen LogP contribution in [0.3, 0.4) is 0 Å². The molecule has 0 aliphatic rings. The van der Waals surface area contributed by atoms with E-state index in [1.54, 1.807) is 0 Å². The number of hydrogen-bond donors (Lipinski definition) is 0. The van der Waals surface area contributed by atoms with Crippen molar-refractivity contribution in [2.45, 2.75) is 0 Å². The Morgan fingerprint density at radius 3 is 1.80 bits per heavy atom. The van der Waals surface area contributed by atoms with Gasteiger partial charge in [-0.25, -0.2) is 0 Å². The normalized spacial score (nSPS) is 11.6. The number of fused-ring (bicyclic) bond motifs is 6. The third-order valence-corrected chi connectivity index (χ3v) is 8.77. The largest absolute Gasteiger partial charge is 0.455 e. The van der Waals surface area contributed by atoms with Crippen LogP contribution in [0.1, 0.15) is 0 Å². The number of aromatic nitrogens is 1. The molecule has 0 fully saturated rings. The number of nitrogens with zero attached hydrogens (tertiary/aromatic N) is 2. The topological polar surface area (TPSA) is 21.3 Å². The second-order valence-electron chi connectivity index (χ2n) is 11.4. The Labute approximate surface area is 260 Å². The molecule has 9 rings (SSSR count). The lowest BCUT2D eigenvalue weighted by molar-refractivity contribution is 0.670. The van der Waals surface area contributed by atoms with Crippen molar-refractivity contribution in [1.29, 1.82) is 0 Å². The highest BCUT2D eigenvalue weighted by Crippen LogP contribution is 2.46. The molecule has 0 bridgehead atoms. The summed E-state index contributed by atoms with van der Waals surface area (Å²) in [6.45, 7) is 0. The van der Waals surface area contributed by atoms with Gasteiger partial charge in [0.2, 0.25) is 0 Å². The minimum Gasteiger partial charge on any atom is -0.455 e. The van der Waals surface area contributed by atoms with Gasteiger partial charge in [-0.2, -0.15) is 0 Å². The number of furan rings is 1. The number of para-hydroxylation sites is 5. The van der Waals surface area contributed by atoms with Crippen molar-refractivity contribution in [1.82, 2.24) is 4.57 Å². The summed E-state index contributed by atoms with van der Waals surface area (Å²) in [6, 6.07) is 60.0. The summed E-state index contributed by atoms with van der Waals surface area (Å²) in [7, 11) is 0. The number of rotatable bonds is 5. The molecule has 7 aromatic carbocycles. The average Bonchev–Trinajstić information content (AvgIpc) is 3.66. The molecule has 2 heterocycles. The highest BCUT2D eigenvalue weighted by Gasteiger charge is 2.22. The zero-order chi connectivity index (χ0) is 29.7. The van der Waals surface area contributed by atoms with Gasteiger partial charge in [-0.3, -0.25) is 0 Å².